The average Bonchev–Trinajstić information content (AvgIpc) is 2.44. The van der Waals surface area contributed by atoms with Gasteiger partial charge in [0, 0.05) is 25.6 Å². The van der Waals surface area contributed by atoms with Gasteiger partial charge in [-0.05, 0) is 19.4 Å². The first kappa shape index (κ1) is 15.3. The minimum atomic E-state index is 0.0146. The Balaban J connectivity index is 2.61. The van der Waals surface area contributed by atoms with E-state index in [-0.39, 0.29) is 5.91 Å². The molecule has 0 spiro atoms. The van der Waals surface area contributed by atoms with Crippen molar-refractivity contribution in [3.8, 4) is 11.5 Å². The van der Waals surface area contributed by atoms with Crippen molar-refractivity contribution in [1.82, 2.24) is 5.32 Å². The molecule has 1 amide bonds. The molecule has 19 heavy (non-hydrogen) atoms. The maximum atomic E-state index is 11.1. The van der Waals surface area contributed by atoms with Crippen LogP contribution < -0.4 is 20.5 Å². The summed E-state index contributed by atoms with van der Waals surface area (Å²) in [6.45, 7) is 3.35. The Morgan fingerprint density at radius 3 is 2.79 bits per heavy atom. The molecule has 0 unspecified atom stereocenters. The number of hydrogen-bond acceptors (Lipinski definition) is 4. The van der Waals surface area contributed by atoms with E-state index in [4.69, 9.17) is 15.2 Å². The van der Waals surface area contributed by atoms with Crippen molar-refractivity contribution in [3.05, 3.63) is 23.8 Å². The molecule has 1 aromatic rings. The van der Waals surface area contributed by atoms with Crippen LogP contribution in [0.5, 0.6) is 11.5 Å². The van der Waals surface area contributed by atoms with Crippen molar-refractivity contribution >= 4 is 5.91 Å². The van der Waals surface area contributed by atoms with Gasteiger partial charge in [0.2, 0.25) is 5.91 Å². The summed E-state index contributed by atoms with van der Waals surface area (Å²) in [5.74, 6) is 1.40. The monoisotopic (exact) mass is 266 g/mol. The predicted octanol–water partition coefficient (Wildman–Crippen LogP) is 1.45. The molecular formula is C14H22N2O3. The zero-order valence-corrected chi connectivity index (χ0v) is 11.6. The molecular weight excluding hydrogens is 244 g/mol. The van der Waals surface area contributed by atoms with Crippen LogP contribution in [0, 0.1) is 0 Å². The number of hydrogen-bond donors (Lipinski definition) is 2. The Kier molecular flexibility index (Phi) is 6.74. The first-order chi connectivity index (χ1) is 9.22. The highest BCUT2D eigenvalue weighted by Crippen LogP contribution is 2.31. The molecule has 5 heteroatoms. The maximum absolute atomic E-state index is 11.1. The molecule has 0 heterocycles. The van der Waals surface area contributed by atoms with Crippen LogP contribution in [0.1, 0.15) is 25.3 Å². The molecule has 1 rings (SSSR count). The first-order valence-corrected chi connectivity index (χ1v) is 6.51. The quantitative estimate of drug-likeness (QED) is 0.698. The van der Waals surface area contributed by atoms with E-state index in [0.29, 0.717) is 44.1 Å². The summed E-state index contributed by atoms with van der Waals surface area (Å²) in [7, 11) is 1.63. The molecule has 0 radical (unpaired) electrons. The molecule has 1 aromatic carbocycles. The lowest BCUT2D eigenvalue weighted by molar-refractivity contribution is -0.120. The van der Waals surface area contributed by atoms with E-state index in [1.54, 1.807) is 7.05 Å². The highest BCUT2D eigenvalue weighted by Gasteiger charge is 2.10. The standard InChI is InChI=1S/C14H22N2O3/c1-3-18-12-7-4-6-11(10-15)14(12)19-9-5-8-13(17)16-2/h4,6-7H,3,5,8-10,15H2,1-2H3,(H,16,17). The zero-order chi connectivity index (χ0) is 14.1. The van der Waals surface area contributed by atoms with E-state index in [2.05, 4.69) is 5.32 Å². The second-order valence-electron chi connectivity index (χ2n) is 4.01. The number of benzene rings is 1. The molecule has 0 saturated heterocycles. The van der Waals surface area contributed by atoms with Gasteiger partial charge in [0.25, 0.3) is 0 Å². The van der Waals surface area contributed by atoms with E-state index in [1.165, 1.54) is 0 Å². The lowest BCUT2D eigenvalue weighted by Crippen LogP contribution is -2.18. The normalized spacial score (nSPS) is 10.1. The number of carbonyl (C=O) groups excluding carboxylic acids is 1. The van der Waals surface area contributed by atoms with Crippen LogP contribution in [-0.4, -0.2) is 26.2 Å². The Morgan fingerprint density at radius 1 is 1.37 bits per heavy atom. The summed E-state index contributed by atoms with van der Waals surface area (Å²) in [4.78, 5) is 11.1. The van der Waals surface area contributed by atoms with Crippen molar-refractivity contribution in [3.63, 3.8) is 0 Å². The van der Waals surface area contributed by atoms with E-state index in [9.17, 15) is 4.79 Å². The molecule has 0 saturated carbocycles. The Morgan fingerprint density at radius 2 is 2.16 bits per heavy atom. The predicted molar refractivity (Wildman–Crippen MR) is 74.3 cm³/mol. The molecule has 5 nitrogen and oxygen atoms in total. The zero-order valence-electron chi connectivity index (χ0n) is 11.6. The van der Waals surface area contributed by atoms with E-state index in [1.807, 2.05) is 25.1 Å². The number of nitrogens with two attached hydrogens (primary N) is 1. The molecule has 0 bridgehead atoms. The van der Waals surface area contributed by atoms with Crippen LogP contribution >= 0.6 is 0 Å². The fourth-order valence-corrected chi connectivity index (χ4v) is 1.69. The van der Waals surface area contributed by atoms with Crippen molar-refractivity contribution in [2.24, 2.45) is 5.73 Å². The largest absolute Gasteiger partial charge is 0.490 e. The van der Waals surface area contributed by atoms with Gasteiger partial charge in [0.1, 0.15) is 0 Å². The summed E-state index contributed by atoms with van der Waals surface area (Å²) in [6.07, 6.45) is 1.11. The third kappa shape index (κ3) is 4.79. The molecule has 0 aliphatic heterocycles. The summed E-state index contributed by atoms with van der Waals surface area (Å²) in [5, 5.41) is 2.58. The number of rotatable bonds is 8. The van der Waals surface area contributed by atoms with Gasteiger partial charge in [-0.25, -0.2) is 0 Å². The van der Waals surface area contributed by atoms with Gasteiger partial charge in [-0.15, -0.1) is 0 Å². The van der Waals surface area contributed by atoms with Gasteiger partial charge in [-0.3, -0.25) is 4.79 Å². The fraction of sp³-hybridized carbons (Fsp3) is 0.500. The minimum absolute atomic E-state index is 0.0146. The average molecular weight is 266 g/mol. The highest BCUT2D eigenvalue weighted by atomic mass is 16.5. The summed E-state index contributed by atoms with van der Waals surface area (Å²) in [5.41, 5.74) is 6.60. The summed E-state index contributed by atoms with van der Waals surface area (Å²) < 4.78 is 11.2. The van der Waals surface area contributed by atoms with Gasteiger partial charge in [0.15, 0.2) is 11.5 Å². The van der Waals surface area contributed by atoms with Crippen LogP contribution in [0.3, 0.4) is 0 Å². The number of para-hydroxylation sites is 1. The molecule has 0 atom stereocenters. The molecule has 3 N–H and O–H groups in total. The van der Waals surface area contributed by atoms with Crippen LogP contribution in [0.25, 0.3) is 0 Å². The first-order valence-electron chi connectivity index (χ1n) is 6.51. The van der Waals surface area contributed by atoms with Gasteiger partial charge in [0.05, 0.1) is 13.2 Å². The SMILES string of the molecule is CCOc1cccc(CN)c1OCCCC(=O)NC. The van der Waals surface area contributed by atoms with Gasteiger partial charge < -0.3 is 20.5 Å². The van der Waals surface area contributed by atoms with Crippen LogP contribution in [0.15, 0.2) is 18.2 Å². The van der Waals surface area contributed by atoms with E-state index < -0.39 is 0 Å². The Labute approximate surface area is 114 Å². The molecule has 0 fully saturated rings. The van der Waals surface area contributed by atoms with Crippen LogP contribution in [0.4, 0.5) is 0 Å². The van der Waals surface area contributed by atoms with Gasteiger partial charge >= 0.3 is 0 Å². The van der Waals surface area contributed by atoms with Crippen molar-refractivity contribution < 1.29 is 14.3 Å². The number of nitrogens with one attached hydrogen (secondary N) is 1. The topological polar surface area (TPSA) is 73.6 Å². The Bertz CT molecular complexity index is 408. The smallest absolute Gasteiger partial charge is 0.219 e. The molecule has 0 aliphatic carbocycles. The second-order valence-corrected chi connectivity index (χ2v) is 4.01. The lowest BCUT2D eigenvalue weighted by Gasteiger charge is -2.15. The number of carbonyl (C=O) groups is 1. The van der Waals surface area contributed by atoms with Gasteiger partial charge in [-0.1, -0.05) is 12.1 Å². The minimum Gasteiger partial charge on any atom is -0.490 e. The van der Waals surface area contributed by atoms with Gasteiger partial charge in [-0.2, -0.15) is 0 Å². The van der Waals surface area contributed by atoms with E-state index in [0.717, 1.165) is 5.56 Å². The summed E-state index contributed by atoms with van der Waals surface area (Å²) in [6, 6.07) is 5.66. The fourth-order valence-electron chi connectivity index (χ4n) is 1.69. The van der Waals surface area contributed by atoms with E-state index >= 15 is 0 Å². The number of amides is 1. The third-order valence-electron chi connectivity index (χ3n) is 2.65. The third-order valence-corrected chi connectivity index (χ3v) is 2.65. The van der Waals surface area contributed by atoms with Crippen molar-refractivity contribution in [2.75, 3.05) is 20.3 Å². The van der Waals surface area contributed by atoms with Crippen molar-refractivity contribution in [2.45, 2.75) is 26.3 Å². The maximum Gasteiger partial charge on any atom is 0.219 e. The molecule has 0 aliphatic rings. The number of ether oxygens (including phenoxy) is 2. The lowest BCUT2D eigenvalue weighted by atomic mass is 10.2. The highest BCUT2D eigenvalue weighted by molar-refractivity contribution is 5.75. The molecule has 0 aromatic heterocycles. The molecule has 106 valence electrons. The van der Waals surface area contributed by atoms with Crippen LogP contribution in [0.2, 0.25) is 0 Å². The van der Waals surface area contributed by atoms with Crippen LogP contribution in [-0.2, 0) is 11.3 Å². The Hall–Kier alpha value is -1.75. The summed E-state index contributed by atoms with van der Waals surface area (Å²) >= 11 is 0. The second kappa shape index (κ2) is 8.37. The van der Waals surface area contributed by atoms with Crippen molar-refractivity contribution in [1.29, 1.82) is 0 Å².